The zero-order chi connectivity index (χ0) is 14.4. The van der Waals surface area contributed by atoms with Crippen molar-refractivity contribution in [3.8, 4) is 0 Å². The average Bonchev–Trinajstić information content (AvgIpc) is 2.42. The molecule has 0 aliphatic carbocycles. The smallest absolute Gasteiger partial charge is 0.238 e. The number of carbonyl (C=O) groups is 1. The van der Waals surface area contributed by atoms with Gasteiger partial charge in [0.25, 0.3) is 0 Å². The van der Waals surface area contributed by atoms with E-state index in [0.717, 1.165) is 13.1 Å². The van der Waals surface area contributed by atoms with Crippen LogP contribution in [0, 0.1) is 5.82 Å². The number of nitrogens with zero attached hydrogens (tertiary/aromatic N) is 1. The van der Waals surface area contributed by atoms with Crippen LogP contribution in [0.25, 0.3) is 0 Å². The van der Waals surface area contributed by atoms with Gasteiger partial charge in [-0.25, -0.2) is 4.39 Å². The van der Waals surface area contributed by atoms with Crippen molar-refractivity contribution in [3.05, 3.63) is 30.1 Å². The van der Waals surface area contributed by atoms with Crippen molar-refractivity contribution in [1.29, 1.82) is 0 Å². The highest BCUT2D eigenvalue weighted by atomic mass is 19.1. The highest BCUT2D eigenvalue weighted by molar-refractivity contribution is 5.92. The van der Waals surface area contributed by atoms with Gasteiger partial charge in [0.15, 0.2) is 0 Å². The first-order valence-electron chi connectivity index (χ1n) is 6.70. The molecule has 2 rings (SSSR count). The summed E-state index contributed by atoms with van der Waals surface area (Å²) in [6.07, 6.45) is 0.118. The summed E-state index contributed by atoms with van der Waals surface area (Å²) >= 11 is 0. The van der Waals surface area contributed by atoms with Gasteiger partial charge in [0, 0.05) is 25.3 Å². The van der Waals surface area contributed by atoms with Crippen LogP contribution in [0.2, 0.25) is 0 Å². The molecule has 0 radical (unpaired) electrons. The first-order valence-corrected chi connectivity index (χ1v) is 6.70. The topological polar surface area (TPSA) is 53.6 Å². The molecule has 1 saturated heterocycles. The third-order valence-electron chi connectivity index (χ3n) is 3.06. The molecule has 1 aliphatic rings. The van der Waals surface area contributed by atoms with E-state index >= 15 is 0 Å². The number of rotatable bonds is 5. The molecule has 1 aromatic carbocycles. The Morgan fingerprint density at radius 2 is 2.25 bits per heavy atom. The van der Waals surface area contributed by atoms with Gasteiger partial charge in [-0.05, 0) is 31.3 Å². The van der Waals surface area contributed by atoms with Gasteiger partial charge in [-0.3, -0.25) is 9.69 Å². The average molecular weight is 281 g/mol. The van der Waals surface area contributed by atoms with E-state index in [1.807, 2.05) is 11.9 Å². The van der Waals surface area contributed by atoms with Crippen molar-refractivity contribution in [2.45, 2.75) is 6.10 Å². The van der Waals surface area contributed by atoms with E-state index < -0.39 is 0 Å². The number of morpholine rings is 1. The number of anilines is 1. The number of nitrogens with one attached hydrogen (secondary N) is 2. The Morgan fingerprint density at radius 1 is 1.50 bits per heavy atom. The van der Waals surface area contributed by atoms with Crippen molar-refractivity contribution in [1.82, 2.24) is 10.2 Å². The summed E-state index contributed by atoms with van der Waals surface area (Å²) < 4.78 is 18.3. The largest absolute Gasteiger partial charge is 0.374 e. The summed E-state index contributed by atoms with van der Waals surface area (Å²) in [5, 5.41) is 5.98. The van der Waals surface area contributed by atoms with Crippen LogP contribution >= 0.6 is 0 Å². The second kappa shape index (κ2) is 7.33. The Morgan fingerprint density at radius 3 is 2.90 bits per heavy atom. The minimum atomic E-state index is -0.318. The molecule has 0 saturated carbocycles. The van der Waals surface area contributed by atoms with Gasteiger partial charge in [0.05, 0.1) is 19.3 Å². The quantitative estimate of drug-likeness (QED) is 0.833. The van der Waals surface area contributed by atoms with E-state index in [1.165, 1.54) is 12.1 Å². The molecule has 1 heterocycles. The highest BCUT2D eigenvalue weighted by Crippen LogP contribution is 2.08. The second-order valence-corrected chi connectivity index (χ2v) is 4.95. The molecular formula is C14H20FN3O2. The predicted molar refractivity (Wildman–Crippen MR) is 75.1 cm³/mol. The predicted octanol–water partition coefficient (Wildman–Crippen LogP) is 0.684. The standard InChI is InChI=1S/C14H20FN3O2/c1-18(9-13-8-16-6-7-20-13)10-14(19)17-12-4-2-11(15)3-5-12/h2-5,13,16H,6-10H2,1H3,(H,17,19). The number of ether oxygens (including phenoxy) is 1. The maximum Gasteiger partial charge on any atom is 0.238 e. The van der Waals surface area contributed by atoms with Crippen molar-refractivity contribution < 1.29 is 13.9 Å². The van der Waals surface area contributed by atoms with E-state index in [1.54, 1.807) is 12.1 Å². The summed E-state index contributed by atoms with van der Waals surface area (Å²) in [5.41, 5.74) is 0.598. The number of hydrogen-bond donors (Lipinski definition) is 2. The third-order valence-corrected chi connectivity index (χ3v) is 3.06. The van der Waals surface area contributed by atoms with Crippen molar-refractivity contribution in [2.24, 2.45) is 0 Å². The molecule has 0 bridgehead atoms. The van der Waals surface area contributed by atoms with Crippen LogP contribution in [0.3, 0.4) is 0 Å². The summed E-state index contributed by atoms with van der Waals surface area (Å²) in [5.74, 6) is -0.440. The maximum atomic E-state index is 12.8. The summed E-state index contributed by atoms with van der Waals surface area (Å²) in [6, 6.07) is 5.73. The van der Waals surface area contributed by atoms with Gasteiger partial charge >= 0.3 is 0 Å². The first kappa shape index (κ1) is 14.9. The summed E-state index contributed by atoms with van der Waals surface area (Å²) in [6.45, 7) is 3.37. The van der Waals surface area contributed by atoms with E-state index in [-0.39, 0.29) is 24.4 Å². The first-order chi connectivity index (χ1) is 9.63. The summed E-state index contributed by atoms with van der Waals surface area (Å²) in [4.78, 5) is 13.8. The lowest BCUT2D eigenvalue weighted by Crippen LogP contribution is -2.45. The number of amides is 1. The van der Waals surface area contributed by atoms with E-state index in [2.05, 4.69) is 10.6 Å². The van der Waals surface area contributed by atoms with E-state index in [4.69, 9.17) is 4.74 Å². The molecule has 1 atom stereocenters. The SMILES string of the molecule is CN(CC(=O)Nc1ccc(F)cc1)CC1CNCCO1. The molecular weight excluding hydrogens is 261 g/mol. The molecule has 1 amide bonds. The molecule has 0 spiro atoms. The van der Waals surface area contributed by atoms with Crippen LogP contribution in [0.1, 0.15) is 0 Å². The fourth-order valence-corrected chi connectivity index (χ4v) is 2.13. The molecule has 1 aromatic rings. The fraction of sp³-hybridized carbons (Fsp3) is 0.500. The Hall–Kier alpha value is -1.50. The van der Waals surface area contributed by atoms with Crippen molar-refractivity contribution >= 4 is 11.6 Å². The monoisotopic (exact) mass is 281 g/mol. The lowest BCUT2D eigenvalue weighted by atomic mass is 10.3. The van der Waals surface area contributed by atoms with Crippen molar-refractivity contribution in [3.63, 3.8) is 0 Å². The normalized spacial score (nSPS) is 19.1. The molecule has 1 fully saturated rings. The van der Waals surface area contributed by atoms with Crippen LogP contribution in [-0.4, -0.2) is 56.7 Å². The molecule has 1 aliphatic heterocycles. The molecule has 110 valence electrons. The Bertz CT molecular complexity index is 433. The molecule has 0 aromatic heterocycles. The van der Waals surface area contributed by atoms with Crippen molar-refractivity contribution in [2.75, 3.05) is 45.2 Å². The number of carbonyl (C=O) groups excluding carboxylic acids is 1. The molecule has 2 N–H and O–H groups in total. The van der Waals surface area contributed by atoms with Gasteiger partial charge in [-0.2, -0.15) is 0 Å². The van der Waals surface area contributed by atoms with Gasteiger partial charge in [0.2, 0.25) is 5.91 Å². The molecule has 1 unspecified atom stereocenters. The summed E-state index contributed by atoms with van der Waals surface area (Å²) in [7, 11) is 1.88. The second-order valence-electron chi connectivity index (χ2n) is 4.95. The molecule has 6 heteroatoms. The molecule has 20 heavy (non-hydrogen) atoms. The molecule has 5 nitrogen and oxygen atoms in total. The Kier molecular flexibility index (Phi) is 5.46. The van der Waals surface area contributed by atoms with Crippen LogP contribution in [0.15, 0.2) is 24.3 Å². The Labute approximate surface area is 118 Å². The number of hydrogen-bond acceptors (Lipinski definition) is 4. The Balaban J connectivity index is 1.74. The highest BCUT2D eigenvalue weighted by Gasteiger charge is 2.16. The van der Waals surface area contributed by atoms with E-state index in [9.17, 15) is 9.18 Å². The fourth-order valence-electron chi connectivity index (χ4n) is 2.13. The lowest BCUT2D eigenvalue weighted by molar-refractivity contribution is -0.117. The van der Waals surface area contributed by atoms with Gasteiger partial charge < -0.3 is 15.4 Å². The van der Waals surface area contributed by atoms with Gasteiger partial charge in [-0.1, -0.05) is 0 Å². The van der Waals surface area contributed by atoms with Crippen LogP contribution in [0.5, 0.6) is 0 Å². The minimum Gasteiger partial charge on any atom is -0.374 e. The zero-order valence-corrected chi connectivity index (χ0v) is 11.6. The van der Waals surface area contributed by atoms with Crippen LogP contribution in [-0.2, 0) is 9.53 Å². The number of halogens is 1. The van der Waals surface area contributed by atoms with Crippen LogP contribution < -0.4 is 10.6 Å². The van der Waals surface area contributed by atoms with Gasteiger partial charge in [-0.15, -0.1) is 0 Å². The number of benzene rings is 1. The minimum absolute atomic E-state index is 0.118. The third kappa shape index (κ3) is 4.88. The maximum absolute atomic E-state index is 12.8. The number of likely N-dealkylation sites (N-methyl/N-ethyl adjacent to an activating group) is 1. The van der Waals surface area contributed by atoms with Gasteiger partial charge in [0.1, 0.15) is 5.82 Å². The zero-order valence-electron chi connectivity index (χ0n) is 11.6. The van der Waals surface area contributed by atoms with Crippen LogP contribution in [0.4, 0.5) is 10.1 Å². The van der Waals surface area contributed by atoms with E-state index in [0.29, 0.717) is 18.8 Å². The lowest BCUT2D eigenvalue weighted by Gasteiger charge is -2.27.